The molecule has 2 heterocycles. The topological polar surface area (TPSA) is 70.2 Å². The van der Waals surface area contributed by atoms with Crippen LogP contribution in [0.4, 0.5) is 40.3 Å². The molecule has 3 aromatic carbocycles. The number of carbonyl (C=O) groups excluding carboxylic acids is 3. The minimum Gasteiger partial charge on any atom is -0.444 e. The quantitative estimate of drug-likeness (QED) is 0.251. The van der Waals surface area contributed by atoms with Crippen LogP contribution < -0.4 is 0 Å². The average Bonchev–Trinajstić information content (AvgIpc) is 3.36. The number of hydrogen-bond donors (Lipinski definition) is 0. The highest BCUT2D eigenvalue weighted by Crippen LogP contribution is 2.48. The molecule has 3 aromatic rings. The second kappa shape index (κ2) is 13.4. The molecule has 7 nitrogen and oxygen atoms in total. The number of halogens is 7. The van der Waals surface area contributed by atoms with Gasteiger partial charge in [-0.3, -0.25) is 4.79 Å². The zero-order valence-corrected chi connectivity index (χ0v) is 26.9. The van der Waals surface area contributed by atoms with Gasteiger partial charge >= 0.3 is 24.5 Å². The number of amides is 4. The maximum atomic E-state index is 14.2. The molecule has 262 valence electrons. The number of alkyl halides is 6. The molecule has 0 aromatic heterocycles. The van der Waals surface area contributed by atoms with Gasteiger partial charge in [0.15, 0.2) is 0 Å². The lowest BCUT2D eigenvalue weighted by Crippen LogP contribution is -2.58. The Labute approximate surface area is 278 Å². The molecule has 14 heteroatoms. The second-order valence-corrected chi connectivity index (χ2v) is 12.6. The highest BCUT2D eigenvalue weighted by molar-refractivity contribution is 5.95. The van der Waals surface area contributed by atoms with Crippen molar-refractivity contribution in [3.8, 4) is 0 Å². The SMILES string of the molecule is Cc1cc(F)ccc1[C@H]1C[C@]2(CCC(=O)N2C(=O)OCc2ccccc2)CCN1C(=O)N(C)[C@H](C)c1cc(C(F)(F)F)cc(C(F)(F)F)c1. The van der Waals surface area contributed by atoms with E-state index < -0.39 is 65.0 Å². The maximum Gasteiger partial charge on any atom is 0.417 e. The number of nitrogens with zero attached hydrogens (tertiary/aromatic N) is 3. The Balaban J connectivity index is 1.46. The summed E-state index contributed by atoms with van der Waals surface area (Å²) in [7, 11) is 1.27. The van der Waals surface area contributed by atoms with Crippen LogP contribution in [0, 0.1) is 12.7 Å². The molecule has 0 saturated carbocycles. The molecule has 0 bridgehead atoms. The number of urea groups is 1. The standard InChI is InChI=1S/C35H34F7N3O4/c1-21-15-27(36)9-10-28(21)29-19-33(12-11-30(46)45(33)32(48)49-20-23-7-5-4-6-8-23)13-14-44(29)31(47)43(3)22(2)24-16-25(34(37,38)39)18-26(17-24)35(40,41)42/h4-10,15-18,22,29H,11-14,19-20H2,1-3H3/t22-,29-,33+/m1/s1. The average molecular weight is 694 g/mol. The molecular formula is C35H34F7N3O4. The minimum atomic E-state index is -5.07. The van der Waals surface area contributed by atoms with Gasteiger partial charge in [0.05, 0.1) is 28.7 Å². The molecule has 0 aliphatic carbocycles. The van der Waals surface area contributed by atoms with E-state index in [2.05, 4.69) is 0 Å². The Morgan fingerprint density at radius 1 is 0.959 bits per heavy atom. The van der Waals surface area contributed by atoms with Crippen LogP contribution in [0.1, 0.15) is 78.1 Å². The lowest BCUT2D eigenvalue weighted by atomic mass is 9.78. The first-order valence-corrected chi connectivity index (χ1v) is 15.5. The van der Waals surface area contributed by atoms with Crippen molar-refractivity contribution in [1.82, 2.24) is 14.7 Å². The van der Waals surface area contributed by atoms with Crippen LogP contribution in [0.15, 0.2) is 66.7 Å². The third kappa shape index (κ3) is 7.37. The van der Waals surface area contributed by atoms with Crippen molar-refractivity contribution in [2.24, 2.45) is 0 Å². The zero-order chi connectivity index (χ0) is 35.9. The summed E-state index contributed by atoms with van der Waals surface area (Å²) in [5.41, 5.74) is -2.78. The fourth-order valence-electron chi connectivity index (χ4n) is 6.73. The third-order valence-corrected chi connectivity index (χ3v) is 9.49. The van der Waals surface area contributed by atoms with Crippen molar-refractivity contribution >= 4 is 18.0 Å². The van der Waals surface area contributed by atoms with E-state index in [1.165, 1.54) is 37.1 Å². The molecule has 5 rings (SSSR count). The van der Waals surface area contributed by atoms with Gasteiger partial charge in [0.1, 0.15) is 12.4 Å². The van der Waals surface area contributed by atoms with Crippen LogP contribution in [-0.2, 0) is 28.5 Å². The van der Waals surface area contributed by atoms with E-state index >= 15 is 0 Å². The van der Waals surface area contributed by atoms with Gasteiger partial charge in [0, 0.05) is 20.0 Å². The summed E-state index contributed by atoms with van der Waals surface area (Å²) < 4.78 is 101. The van der Waals surface area contributed by atoms with E-state index in [1.807, 2.05) is 0 Å². The van der Waals surface area contributed by atoms with Crippen molar-refractivity contribution in [1.29, 1.82) is 0 Å². The number of ether oxygens (including phenoxy) is 1. The smallest absolute Gasteiger partial charge is 0.417 e. The van der Waals surface area contributed by atoms with Gasteiger partial charge in [-0.25, -0.2) is 18.9 Å². The highest BCUT2D eigenvalue weighted by Gasteiger charge is 2.54. The van der Waals surface area contributed by atoms with Crippen molar-refractivity contribution in [2.75, 3.05) is 13.6 Å². The van der Waals surface area contributed by atoms with E-state index in [-0.39, 0.29) is 50.5 Å². The summed E-state index contributed by atoms with van der Waals surface area (Å²) in [6.07, 6.45) is -10.5. The second-order valence-electron chi connectivity index (χ2n) is 12.6. The van der Waals surface area contributed by atoms with Gasteiger partial charge in [-0.05, 0) is 85.7 Å². The molecule has 0 N–H and O–H groups in total. The Bertz CT molecular complexity index is 1700. The van der Waals surface area contributed by atoms with Crippen molar-refractivity contribution in [3.63, 3.8) is 0 Å². The summed E-state index contributed by atoms with van der Waals surface area (Å²) in [5, 5.41) is 0. The molecule has 2 aliphatic heterocycles. The molecule has 49 heavy (non-hydrogen) atoms. The van der Waals surface area contributed by atoms with Crippen molar-refractivity contribution in [3.05, 3.63) is 106 Å². The zero-order valence-electron chi connectivity index (χ0n) is 26.9. The summed E-state index contributed by atoms with van der Waals surface area (Å²) >= 11 is 0. The van der Waals surface area contributed by atoms with E-state index in [0.29, 0.717) is 28.8 Å². The normalized spacial score (nSPS) is 20.4. The molecule has 0 unspecified atom stereocenters. The fraction of sp³-hybridized carbons (Fsp3) is 0.400. The molecule has 4 amide bonds. The monoisotopic (exact) mass is 693 g/mol. The predicted molar refractivity (Wildman–Crippen MR) is 163 cm³/mol. The number of aryl methyl sites for hydroxylation is 1. The highest BCUT2D eigenvalue weighted by atomic mass is 19.4. The summed E-state index contributed by atoms with van der Waals surface area (Å²) in [4.78, 5) is 44.2. The number of imide groups is 1. The van der Waals surface area contributed by atoms with Crippen LogP contribution in [-0.4, -0.2) is 51.9 Å². The number of piperidine rings is 1. The van der Waals surface area contributed by atoms with E-state index in [0.717, 1.165) is 9.80 Å². The molecule has 1 spiro atoms. The largest absolute Gasteiger partial charge is 0.444 e. The molecule has 2 fully saturated rings. The first-order valence-electron chi connectivity index (χ1n) is 15.5. The molecule has 2 aliphatic rings. The lowest BCUT2D eigenvalue weighted by molar-refractivity contribution is -0.143. The lowest BCUT2D eigenvalue weighted by Gasteiger charge is -2.49. The maximum absolute atomic E-state index is 14.2. The number of likely N-dealkylation sites (tertiary alicyclic amines) is 2. The van der Waals surface area contributed by atoms with Gasteiger partial charge in [-0.15, -0.1) is 0 Å². The van der Waals surface area contributed by atoms with E-state index in [9.17, 15) is 45.1 Å². The summed E-state index contributed by atoms with van der Waals surface area (Å²) in [6, 6.07) is 11.2. The first-order chi connectivity index (χ1) is 22.9. The number of benzene rings is 3. The Morgan fingerprint density at radius 3 is 2.18 bits per heavy atom. The fourth-order valence-corrected chi connectivity index (χ4v) is 6.73. The molecular weight excluding hydrogens is 659 g/mol. The van der Waals surface area contributed by atoms with E-state index in [1.54, 1.807) is 37.3 Å². The summed E-state index contributed by atoms with van der Waals surface area (Å²) in [5.74, 6) is -0.995. The van der Waals surface area contributed by atoms with Crippen LogP contribution in [0.2, 0.25) is 0 Å². The van der Waals surface area contributed by atoms with Crippen LogP contribution in [0.5, 0.6) is 0 Å². The Hall–Kier alpha value is -4.62. The predicted octanol–water partition coefficient (Wildman–Crippen LogP) is 8.82. The Morgan fingerprint density at radius 2 is 1.59 bits per heavy atom. The van der Waals surface area contributed by atoms with Crippen molar-refractivity contribution in [2.45, 2.75) is 76.1 Å². The Kier molecular flexibility index (Phi) is 9.73. The van der Waals surface area contributed by atoms with Crippen LogP contribution >= 0.6 is 0 Å². The van der Waals surface area contributed by atoms with Crippen LogP contribution in [0.3, 0.4) is 0 Å². The van der Waals surface area contributed by atoms with Gasteiger partial charge < -0.3 is 14.5 Å². The number of carbonyl (C=O) groups is 3. The van der Waals surface area contributed by atoms with Gasteiger partial charge in [-0.1, -0.05) is 36.4 Å². The molecule has 3 atom stereocenters. The van der Waals surface area contributed by atoms with Gasteiger partial charge in [-0.2, -0.15) is 26.3 Å². The number of rotatable bonds is 5. The van der Waals surface area contributed by atoms with Crippen LogP contribution in [0.25, 0.3) is 0 Å². The third-order valence-electron chi connectivity index (χ3n) is 9.49. The molecule has 0 radical (unpaired) electrons. The van der Waals surface area contributed by atoms with Crippen molar-refractivity contribution < 1.29 is 49.9 Å². The minimum absolute atomic E-state index is 0.0228. The first kappa shape index (κ1) is 35.7. The number of hydrogen-bond acceptors (Lipinski definition) is 4. The van der Waals surface area contributed by atoms with Gasteiger partial charge in [0.2, 0.25) is 5.91 Å². The molecule has 2 saturated heterocycles. The van der Waals surface area contributed by atoms with Gasteiger partial charge in [0.25, 0.3) is 0 Å². The van der Waals surface area contributed by atoms with E-state index in [4.69, 9.17) is 4.74 Å². The summed E-state index contributed by atoms with van der Waals surface area (Å²) in [6.45, 7) is 2.82.